The molecule has 1 aromatic heterocycles. The van der Waals surface area contributed by atoms with Gasteiger partial charge in [-0.25, -0.2) is 4.79 Å². The van der Waals surface area contributed by atoms with Crippen LogP contribution in [0.5, 0.6) is 5.75 Å². The number of carboxylic acid groups (broad SMARTS) is 1. The van der Waals surface area contributed by atoms with Gasteiger partial charge in [0.2, 0.25) is 0 Å². The van der Waals surface area contributed by atoms with Crippen LogP contribution in [0.1, 0.15) is 45.5 Å². The Morgan fingerprint density at radius 1 is 1.19 bits per heavy atom. The summed E-state index contributed by atoms with van der Waals surface area (Å²) < 4.78 is 16.1. The van der Waals surface area contributed by atoms with Gasteiger partial charge in [-0.3, -0.25) is 4.79 Å². The van der Waals surface area contributed by atoms with E-state index in [-0.39, 0.29) is 11.9 Å². The fraction of sp³-hybridized carbons (Fsp3) is 0.400. The predicted octanol–water partition coefficient (Wildman–Crippen LogP) is 3.18. The van der Waals surface area contributed by atoms with Crippen molar-refractivity contribution in [2.45, 2.75) is 33.2 Å². The van der Waals surface area contributed by atoms with Gasteiger partial charge >= 0.3 is 5.97 Å². The number of aliphatic carboxylic acids is 1. The van der Waals surface area contributed by atoms with Crippen molar-refractivity contribution in [3.63, 3.8) is 0 Å². The number of hydrogen-bond donors (Lipinski definition) is 2. The molecule has 1 aromatic carbocycles. The topological polar surface area (TPSA) is 98.0 Å². The van der Waals surface area contributed by atoms with Gasteiger partial charge in [-0.1, -0.05) is 0 Å². The van der Waals surface area contributed by atoms with E-state index in [9.17, 15) is 9.59 Å². The molecule has 1 atom stereocenters. The van der Waals surface area contributed by atoms with Crippen LogP contribution < -0.4 is 10.1 Å². The van der Waals surface area contributed by atoms with Gasteiger partial charge < -0.3 is 24.3 Å². The quantitative estimate of drug-likeness (QED) is 0.699. The second kappa shape index (κ2) is 9.23. The van der Waals surface area contributed by atoms with Gasteiger partial charge in [-0.15, -0.1) is 0 Å². The van der Waals surface area contributed by atoms with Crippen molar-refractivity contribution in [1.82, 2.24) is 5.32 Å². The van der Waals surface area contributed by atoms with E-state index in [1.807, 2.05) is 19.1 Å². The van der Waals surface area contributed by atoms with Gasteiger partial charge in [-0.05, 0) is 62.6 Å². The molecule has 7 heteroatoms. The first kappa shape index (κ1) is 20.5. The zero-order valence-corrected chi connectivity index (χ0v) is 16.0. The van der Waals surface area contributed by atoms with Gasteiger partial charge in [0.15, 0.2) is 6.61 Å². The summed E-state index contributed by atoms with van der Waals surface area (Å²) in [6.45, 7) is 5.45. The summed E-state index contributed by atoms with van der Waals surface area (Å²) in [5, 5.41) is 11.7. The maximum Gasteiger partial charge on any atom is 0.341 e. The average Bonchev–Trinajstić information content (AvgIpc) is 3.03. The molecule has 0 aliphatic heterocycles. The minimum Gasteiger partial charge on any atom is -0.481 e. The van der Waals surface area contributed by atoms with Crippen LogP contribution in [-0.4, -0.2) is 37.3 Å². The normalized spacial score (nSPS) is 11.9. The zero-order chi connectivity index (χ0) is 20.0. The van der Waals surface area contributed by atoms with Crippen LogP contribution in [-0.2, 0) is 9.53 Å². The maximum atomic E-state index is 12.8. The summed E-state index contributed by atoms with van der Waals surface area (Å²) >= 11 is 0. The molecule has 2 N–H and O–H groups in total. The Morgan fingerprint density at radius 2 is 1.85 bits per heavy atom. The summed E-state index contributed by atoms with van der Waals surface area (Å²) in [6, 6.07) is 6.75. The van der Waals surface area contributed by atoms with Gasteiger partial charge in [-0.2, -0.15) is 0 Å². The van der Waals surface area contributed by atoms with E-state index >= 15 is 0 Å². The number of carboxylic acids is 1. The summed E-state index contributed by atoms with van der Waals surface area (Å²) in [4.78, 5) is 23.5. The Labute approximate surface area is 158 Å². The number of furan rings is 1. The lowest BCUT2D eigenvalue weighted by molar-refractivity contribution is -0.139. The lowest BCUT2D eigenvalue weighted by Crippen LogP contribution is -2.29. The average molecular weight is 375 g/mol. The first-order valence-corrected chi connectivity index (χ1v) is 8.63. The van der Waals surface area contributed by atoms with Gasteiger partial charge in [0.25, 0.3) is 5.91 Å². The van der Waals surface area contributed by atoms with E-state index in [2.05, 4.69) is 5.32 Å². The Hall–Kier alpha value is -2.80. The molecule has 0 saturated heterocycles. The third-order valence-corrected chi connectivity index (χ3v) is 4.08. The molecule has 0 spiro atoms. The number of rotatable bonds is 9. The van der Waals surface area contributed by atoms with Crippen LogP contribution in [0.15, 0.2) is 28.7 Å². The molecule has 1 amide bonds. The highest BCUT2D eigenvalue weighted by atomic mass is 16.5. The predicted molar refractivity (Wildman–Crippen MR) is 99.2 cm³/mol. The molecule has 0 aliphatic rings. The Bertz CT molecular complexity index is 788. The van der Waals surface area contributed by atoms with Crippen molar-refractivity contribution in [1.29, 1.82) is 0 Å². The number of nitrogens with one attached hydrogen (secondary N) is 1. The maximum absolute atomic E-state index is 12.8. The third-order valence-electron chi connectivity index (χ3n) is 4.08. The van der Waals surface area contributed by atoms with Gasteiger partial charge in [0, 0.05) is 19.3 Å². The van der Waals surface area contributed by atoms with Gasteiger partial charge in [0.05, 0.1) is 6.04 Å². The number of benzene rings is 1. The molecule has 2 aromatic rings. The monoisotopic (exact) mass is 375 g/mol. The van der Waals surface area contributed by atoms with E-state index in [0.29, 0.717) is 41.2 Å². The number of amides is 1. The van der Waals surface area contributed by atoms with Gasteiger partial charge in [0.1, 0.15) is 17.3 Å². The molecule has 0 bridgehead atoms. The van der Waals surface area contributed by atoms with E-state index in [1.165, 1.54) is 0 Å². The molecule has 0 saturated carbocycles. The molecular weight excluding hydrogens is 350 g/mol. The Kier molecular flexibility index (Phi) is 7.01. The molecule has 2 rings (SSSR count). The van der Waals surface area contributed by atoms with E-state index in [1.54, 1.807) is 33.1 Å². The number of ether oxygens (including phenoxy) is 2. The highest BCUT2D eigenvalue weighted by Gasteiger charge is 2.20. The molecule has 7 nitrogen and oxygen atoms in total. The lowest BCUT2D eigenvalue weighted by Gasteiger charge is -2.18. The lowest BCUT2D eigenvalue weighted by atomic mass is 10.0. The molecule has 0 fully saturated rings. The third kappa shape index (κ3) is 5.59. The van der Waals surface area contributed by atoms with Crippen LogP contribution in [0, 0.1) is 20.8 Å². The minimum absolute atomic E-state index is 0.249. The fourth-order valence-electron chi connectivity index (χ4n) is 2.85. The summed E-state index contributed by atoms with van der Waals surface area (Å²) in [6.07, 6.45) is 0.576. The standard InChI is InChI=1S/C20H25NO6/c1-12-9-15(10-13(2)19(12)26-11-18(22)23)20(24)21-16(7-8-25-4)17-6-5-14(3)27-17/h5-6,9-10,16H,7-8,11H2,1-4H3,(H,21,24)(H,22,23). The largest absolute Gasteiger partial charge is 0.481 e. The van der Waals surface area contributed by atoms with Crippen molar-refractivity contribution in [3.05, 3.63) is 52.5 Å². The second-order valence-corrected chi connectivity index (χ2v) is 6.38. The zero-order valence-electron chi connectivity index (χ0n) is 16.0. The van der Waals surface area contributed by atoms with Crippen molar-refractivity contribution in [2.75, 3.05) is 20.3 Å². The number of carbonyl (C=O) groups excluding carboxylic acids is 1. The molecule has 0 radical (unpaired) electrons. The first-order valence-electron chi connectivity index (χ1n) is 8.63. The molecule has 0 aliphatic carbocycles. The highest BCUT2D eigenvalue weighted by Crippen LogP contribution is 2.26. The van der Waals surface area contributed by atoms with Crippen LogP contribution in [0.4, 0.5) is 0 Å². The molecule has 1 unspecified atom stereocenters. The van der Waals surface area contributed by atoms with Crippen molar-refractivity contribution in [3.8, 4) is 5.75 Å². The smallest absolute Gasteiger partial charge is 0.341 e. The van der Waals surface area contributed by atoms with Crippen molar-refractivity contribution in [2.24, 2.45) is 0 Å². The number of methoxy groups -OCH3 is 1. The number of hydrogen-bond acceptors (Lipinski definition) is 5. The van der Waals surface area contributed by atoms with Crippen LogP contribution in [0.25, 0.3) is 0 Å². The summed E-state index contributed by atoms with van der Waals surface area (Å²) in [5.74, 6) is 0.624. The summed E-state index contributed by atoms with van der Waals surface area (Å²) in [7, 11) is 1.61. The molecule has 1 heterocycles. The SMILES string of the molecule is COCCC(NC(=O)c1cc(C)c(OCC(=O)O)c(C)c1)c1ccc(C)o1. The number of carbonyl (C=O) groups is 2. The van der Waals surface area contributed by atoms with E-state index < -0.39 is 12.6 Å². The highest BCUT2D eigenvalue weighted by molar-refractivity contribution is 5.95. The van der Waals surface area contributed by atoms with Crippen LogP contribution in [0.3, 0.4) is 0 Å². The summed E-state index contributed by atoms with van der Waals surface area (Å²) in [5.41, 5.74) is 1.87. The Morgan fingerprint density at radius 3 is 2.37 bits per heavy atom. The van der Waals surface area contributed by atoms with Crippen molar-refractivity contribution >= 4 is 11.9 Å². The number of aryl methyl sites for hydroxylation is 3. The van der Waals surface area contributed by atoms with E-state index in [4.69, 9.17) is 19.0 Å². The molecule has 27 heavy (non-hydrogen) atoms. The molecular formula is C20H25NO6. The minimum atomic E-state index is -1.05. The first-order chi connectivity index (χ1) is 12.8. The fourth-order valence-corrected chi connectivity index (χ4v) is 2.85. The van der Waals surface area contributed by atoms with Crippen molar-refractivity contribution < 1.29 is 28.6 Å². The second-order valence-electron chi connectivity index (χ2n) is 6.38. The van der Waals surface area contributed by atoms with E-state index in [0.717, 1.165) is 5.76 Å². The van der Waals surface area contributed by atoms with Crippen LogP contribution >= 0.6 is 0 Å². The van der Waals surface area contributed by atoms with Crippen LogP contribution in [0.2, 0.25) is 0 Å². The molecule has 146 valence electrons. The Balaban J connectivity index is 2.18.